The summed E-state index contributed by atoms with van der Waals surface area (Å²) in [5, 5.41) is -0.157. The van der Waals surface area contributed by atoms with Crippen LogP contribution in [0.4, 0.5) is 0 Å². The molecule has 0 aromatic rings. The number of ether oxygens (including phenoxy) is 1. The Labute approximate surface area is 133 Å². The first-order valence-electron chi connectivity index (χ1n) is 8.81. The molecule has 1 fully saturated rings. The van der Waals surface area contributed by atoms with Gasteiger partial charge in [0.15, 0.2) is 0 Å². The smallest absolute Gasteiger partial charge is 0.371 e. The minimum absolute atomic E-state index is 0.157. The van der Waals surface area contributed by atoms with E-state index in [0.717, 1.165) is 18.9 Å². The van der Waals surface area contributed by atoms with E-state index < -0.39 is 8.56 Å². The van der Waals surface area contributed by atoms with Gasteiger partial charge < -0.3 is 13.6 Å². The van der Waals surface area contributed by atoms with Crippen molar-refractivity contribution in [3.63, 3.8) is 0 Å². The van der Waals surface area contributed by atoms with E-state index >= 15 is 0 Å². The monoisotopic (exact) mass is 316 g/mol. The van der Waals surface area contributed by atoms with Crippen molar-refractivity contribution in [1.29, 1.82) is 0 Å². The molecule has 0 saturated carbocycles. The summed E-state index contributed by atoms with van der Waals surface area (Å²) in [7, 11) is 3.25. The van der Waals surface area contributed by atoms with E-state index in [1.165, 1.54) is 44.9 Å². The molecular formula is C17H36O3Si. The van der Waals surface area contributed by atoms with Crippen molar-refractivity contribution < 1.29 is 13.6 Å². The van der Waals surface area contributed by atoms with Crippen molar-refractivity contribution in [2.24, 2.45) is 5.92 Å². The predicted octanol–water partition coefficient (Wildman–Crippen LogP) is 4.83. The lowest BCUT2D eigenvalue weighted by molar-refractivity contribution is -0.0567. The highest BCUT2D eigenvalue weighted by Gasteiger charge is 2.62. The van der Waals surface area contributed by atoms with E-state index in [2.05, 4.69) is 13.8 Å². The van der Waals surface area contributed by atoms with Gasteiger partial charge in [-0.2, -0.15) is 0 Å². The van der Waals surface area contributed by atoms with Crippen LogP contribution in [0.1, 0.15) is 71.6 Å². The van der Waals surface area contributed by atoms with Gasteiger partial charge in [0.05, 0.1) is 0 Å². The Morgan fingerprint density at radius 1 is 1.00 bits per heavy atom. The second kappa shape index (κ2) is 9.28. The maximum atomic E-state index is 6.20. The molecule has 126 valence electrons. The number of hydrogen-bond acceptors (Lipinski definition) is 3. The Kier molecular flexibility index (Phi) is 8.46. The molecule has 0 amide bonds. The molecule has 1 rings (SSSR count). The molecule has 1 heterocycles. The predicted molar refractivity (Wildman–Crippen MR) is 90.7 cm³/mol. The molecule has 2 atom stereocenters. The molecule has 2 unspecified atom stereocenters. The van der Waals surface area contributed by atoms with E-state index in [0.29, 0.717) is 5.92 Å². The van der Waals surface area contributed by atoms with Crippen molar-refractivity contribution in [2.45, 2.75) is 82.9 Å². The molecule has 21 heavy (non-hydrogen) atoms. The first-order chi connectivity index (χ1) is 10.2. The van der Waals surface area contributed by atoms with Crippen LogP contribution in [0.5, 0.6) is 0 Å². The Balaban J connectivity index is 2.92. The van der Waals surface area contributed by atoms with Crippen molar-refractivity contribution in [3.8, 4) is 0 Å². The van der Waals surface area contributed by atoms with Gasteiger partial charge in [-0.1, -0.05) is 52.4 Å². The third kappa shape index (κ3) is 3.90. The van der Waals surface area contributed by atoms with E-state index in [-0.39, 0.29) is 5.22 Å². The fraction of sp³-hybridized carbons (Fsp3) is 1.00. The first kappa shape index (κ1) is 19.1. The summed E-state index contributed by atoms with van der Waals surface area (Å²) >= 11 is 0. The van der Waals surface area contributed by atoms with Crippen LogP contribution in [0.2, 0.25) is 6.04 Å². The molecule has 0 aromatic carbocycles. The summed E-state index contributed by atoms with van der Waals surface area (Å²) in [6.45, 7) is 4.51. The average Bonchev–Trinajstić information content (AvgIpc) is 2.52. The minimum Gasteiger partial charge on any atom is -0.396 e. The van der Waals surface area contributed by atoms with Gasteiger partial charge in [-0.05, 0) is 31.2 Å². The van der Waals surface area contributed by atoms with Gasteiger partial charge in [-0.25, -0.2) is 0 Å². The van der Waals surface area contributed by atoms with Crippen LogP contribution in [0.3, 0.4) is 0 Å². The second-order valence-electron chi connectivity index (χ2n) is 6.44. The van der Waals surface area contributed by atoms with Gasteiger partial charge in [0.1, 0.15) is 5.22 Å². The highest BCUT2D eigenvalue weighted by atomic mass is 28.4. The summed E-state index contributed by atoms with van der Waals surface area (Å²) < 4.78 is 18.3. The van der Waals surface area contributed by atoms with Crippen LogP contribution < -0.4 is 0 Å². The van der Waals surface area contributed by atoms with Gasteiger partial charge in [0.2, 0.25) is 0 Å². The largest absolute Gasteiger partial charge is 0.396 e. The molecule has 1 aliphatic rings. The van der Waals surface area contributed by atoms with E-state index in [4.69, 9.17) is 13.6 Å². The topological polar surface area (TPSA) is 27.7 Å². The SMILES string of the molecule is CCCCCCC1CCC[Si](OC)(OC)C1(CCC)OC. The highest BCUT2D eigenvalue weighted by Crippen LogP contribution is 2.48. The summed E-state index contributed by atoms with van der Waals surface area (Å²) in [4.78, 5) is 0. The van der Waals surface area contributed by atoms with Crippen LogP contribution in [0, 0.1) is 5.92 Å². The van der Waals surface area contributed by atoms with Crippen molar-refractivity contribution in [3.05, 3.63) is 0 Å². The highest BCUT2D eigenvalue weighted by molar-refractivity contribution is 6.70. The van der Waals surface area contributed by atoms with E-state index in [9.17, 15) is 0 Å². The standard InChI is InChI=1S/C17H36O3Si/c1-6-8-9-10-12-16-13-11-15-21(19-4,20-5)17(16,18-3)14-7-2/h16H,6-15H2,1-5H3. The van der Waals surface area contributed by atoms with Crippen molar-refractivity contribution >= 4 is 8.56 Å². The molecule has 0 aliphatic carbocycles. The number of hydrogen-bond donors (Lipinski definition) is 0. The van der Waals surface area contributed by atoms with Crippen molar-refractivity contribution in [1.82, 2.24) is 0 Å². The normalized spacial score (nSPS) is 28.7. The van der Waals surface area contributed by atoms with Crippen LogP contribution in [-0.2, 0) is 13.6 Å². The number of unbranched alkanes of at least 4 members (excludes halogenated alkanes) is 3. The molecule has 1 saturated heterocycles. The Bertz CT molecular complexity index is 281. The average molecular weight is 317 g/mol. The van der Waals surface area contributed by atoms with Gasteiger partial charge in [0, 0.05) is 21.3 Å². The molecule has 1 aliphatic heterocycles. The van der Waals surface area contributed by atoms with Crippen LogP contribution in [0.15, 0.2) is 0 Å². The molecule has 0 radical (unpaired) electrons. The Hall–Kier alpha value is 0.0969. The maximum absolute atomic E-state index is 6.20. The molecule has 0 spiro atoms. The molecule has 3 nitrogen and oxygen atoms in total. The van der Waals surface area contributed by atoms with Gasteiger partial charge in [0.25, 0.3) is 0 Å². The van der Waals surface area contributed by atoms with Gasteiger partial charge in [-0.3, -0.25) is 0 Å². The van der Waals surface area contributed by atoms with Gasteiger partial charge >= 0.3 is 8.56 Å². The zero-order chi connectivity index (χ0) is 15.8. The summed E-state index contributed by atoms with van der Waals surface area (Å²) in [6.07, 6.45) is 11.2. The van der Waals surface area contributed by atoms with Crippen LogP contribution >= 0.6 is 0 Å². The molecular weight excluding hydrogens is 280 g/mol. The summed E-state index contributed by atoms with van der Waals surface area (Å²) in [5.74, 6) is 0.597. The summed E-state index contributed by atoms with van der Waals surface area (Å²) in [6, 6.07) is 1.07. The third-order valence-electron chi connectivity index (χ3n) is 5.41. The second-order valence-corrected chi connectivity index (χ2v) is 10.1. The van der Waals surface area contributed by atoms with Crippen LogP contribution in [0.25, 0.3) is 0 Å². The zero-order valence-corrected chi connectivity index (χ0v) is 15.9. The van der Waals surface area contributed by atoms with E-state index in [1.54, 1.807) is 0 Å². The Morgan fingerprint density at radius 2 is 1.71 bits per heavy atom. The molecule has 0 N–H and O–H groups in total. The molecule has 4 heteroatoms. The fourth-order valence-electron chi connectivity index (χ4n) is 4.36. The lowest BCUT2D eigenvalue weighted by atomic mass is 9.87. The Morgan fingerprint density at radius 3 is 2.24 bits per heavy atom. The third-order valence-corrected chi connectivity index (χ3v) is 9.90. The van der Waals surface area contributed by atoms with Crippen LogP contribution in [-0.4, -0.2) is 35.1 Å². The number of rotatable bonds is 10. The minimum atomic E-state index is -2.29. The lowest BCUT2D eigenvalue weighted by Gasteiger charge is -2.52. The number of methoxy groups -OCH3 is 1. The first-order valence-corrected chi connectivity index (χ1v) is 10.8. The van der Waals surface area contributed by atoms with Crippen molar-refractivity contribution in [2.75, 3.05) is 21.3 Å². The lowest BCUT2D eigenvalue weighted by Crippen LogP contribution is -2.68. The maximum Gasteiger partial charge on any atom is 0.371 e. The zero-order valence-electron chi connectivity index (χ0n) is 14.9. The quantitative estimate of drug-likeness (QED) is 0.427. The molecule has 0 bridgehead atoms. The summed E-state index contributed by atoms with van der Waals surface area (Å²) in [5.41, 5.74) is 0. The van der Waals surface area contributed by atoms with E-state index in [1.807, 2.05) is 21.3 Å². The fourth-order valence-corrected chi connectivity index (χ4v) is 8.57. The molecule has 0 aromatic heterocycles. The van der Waals surface area contributed by atoms with Gasteiger partial charge in [-0.15, -0.1) is 0 Å².